The van der Waals surface area contributed by atoms with Crippen LogP contribution < -0.4 is 15.4 Å². The van der Waals surface area contributed by atoms with Crippen LogP contribution in [0.25, 0.3) is 0 Å². The fraction of sp³-hybridized carbons (Fsp3) is 0.100. The molecule has 1 heterocycles. The van der Waals surface area contributed by atoms with E-state index in [0.717, 1.165) is 5.56 Å². The second kappa shape index (κ2) is 7.97. The monoisotopic (exact) mass is 359 g/mol. The standard InChI is InChI=1S/C20H17N5O2/c1-13-7-8-18(27-2)16(9-13)25-20(26)17-10-19(23-12-22-17)24-15-6-4-3-5-14(15)11-21/h3-10,12H,1-2H3,(H,25,26)(H,22,23,24). The molecule has 0 radical (unpaired) electrons. The number of ether oxygens (including phenoxy) is 1. The molecule has 1 amide bonds. The SMILES string of the molecule is COc1ccc(C)cc1NC(=O)c1cc(Nc2ccccc2C#N)ncn1. The summed E-state index contributed by atoms with van der Waals surface area (Å²) in [5.74, 6) is 0.580. The highest BCUT2D eigenvalue weighted by Crippen LogP contribution is 2.26. The molecular weight excluding hydrogens is 342 g/mol. The van der Waals surface area contributed by atoms with E-state index in [0.29, 0.717) is 28.5 Å². The number of nitrogens with one attached hydrogen (secondary N) is 2. The molecule has 0 saturated carbocycles. The van der Waals surface area contributed by atoms with Gasteiger partial charge in [-0.2, -0.15) is 5.26 Å². The van der Waals surface area contributed by atoms with E-state index in [9.17, 15) is 10.1 Å². The highest BCUT2D eigenvalue weighted by Gasteiger charge is 2.13. The molecule has 0 aliphatic heterocycles. The normalized spacial score (nSPS) is 9.96. The maximum absolute atomic E-state index is 12.6. The Morgan fingerprint density at radius 2 is 1.93 bits per heavy atom. The van der Waals surface area contributed by atoms with Crippen molar-refractivity contribution in [3.05, 3.63) is 71.7 Å². The van der Waals surface area contributed by atoms with Crippen LogP contribution in [0.15, 0.2) is 54.9 Å². The Labute approximate surface area is 156 Å². The van der Waals surface area contributed by atoms with E-state index < -0.39 is 5.91 Å². The number of hydrogen-bond acceptors (Lipinski definition) is 6. The molecule has 2 aromatic carbocycles. The minimum Gasteiger partial charge on any atom is -0.495 e. The Hall–Kier alpha value is -3.92. The van der Waals surface area contributed by atoms with Crippen molar-refractivity contribution >= 4 is 23.1 Å². The van der Waals surface area contributed by atoms with Crippen LogP contribution in [0.4, 0.5) is 17.2 Å². The maximum Gasteiger partial charge on any atom is 0.274 e. The average Bonchev–Trinajstić information content (AvgIpc) is 2.69. The molecule has 0 aliphatic carbocycles. The van der Waals surface area contributed by atoms with Crippen molar-refractivity contribution in [2.45, 2.75) is 6.92 Å². The summed E-state index contributed by atoms with van der Waals surface area (Å²) >= 11 is 0. The lowest BCUT2D eigenvalue weighted by atomic mass is 10.2. The lowest BCUT2D eigenvalue weighted by Gasteiger charge is -2.11. The number of aryl methyl sites for hydroxylation is 1. The van der Waals surface area contributed by atoms with Crippen molar-refractivity contribution in [2.24, 2.45) is 0 Å². The van der Waals surface area contributed by atoms with E-state index in [4.69, 9.17) is 4.74 Å². The third-order valence-electron chi connectivity index (χ3n) is 3.81. The summed E-state index contributed by atoms with van der Waals surface area (Å²) in [6.07, 6.45) is 1.29. The molecule has 3 rings (SSSR count). The molecule has 0 aliphatic rings. The minimum atomic E-state index is -0.391. The van der Waals surface area contributed by atoms with Crippen molar-refractivity contribution in [3.63, 3.8) is 0 Å². The van der Waals surface area contributed by atoms with Gasteiger partial charge in [-0.05, 0) is 36.8 Å². The van der Waals surface area contributed by atoms with Crippen molar-refractivity contribution in [2.75, 3.05) is 17.7 Å². The number of aromatic nitrogens is 2. The molecule has 3 aromatic rings. The van der Waals surface area contributed by atoms with E-state index in [-0.39, 0.29) is 5.69 Å². The molecule has 1 aromatic heterocycles. The number of anilines is 3. The van der Waals surface area contributed by atoms with E-state index in [1.165, 1.54) is 12.4 Å². The first-order valence-electron chi connectivity index (χ1n) is 8.15. The van der Waals surface area contributed by atoms with Crippen LogP contribution in [0.5, 0.6) is 5.75 Å². The Morgan fingerprint density at radius 3 is 2.70 bits per heavy atom. The van der Waals surface area contributed by atoms with Crippen molar-refractivity contribution < 1.29 is 9.53 Å². The molecule has 0 unspecified atom stereocenters. The van der Waals surface area contributed by atoms with Gasteiger partial charge in [0.15, 0.2) is 0 Å². The second-order valence-electron chi connectivity index (χ2n) is 5.73. The van der Waals surface area contributed by atoms with Crippen molar-refractivity contribution in [3.8, 4) is 11.8 Å². The summed E-state index contributed by atoms with van der Waals surface area (Å²) in [7, 11) is 1.54. The fourth-order valence-electron chi connectivity index (χ4n) is 2.48. The summed E-state index contributed by atoms with van der Waals surface area (Å²) in [5.41, 5.74) is 2.82. The molecule has 0 fully saturated rings. The van der Waals surface area contributed by atoms with E-state index >= 15 is 0 Å². The summed E-state index contributed by atoms with van der Waals surface area (Å²) in [5, 5.41) is 15.0. The molecule has 7 heteroatoms. The molecule has 0 bridgehead atoms. The third-order valence-corrected chi connectivity index (χ3v) is 3.81. The maximum atomic E-state index is 12.6. The number of carbonyl (C=O) groups is 1. The number of para-hydroxylation sites is 1. The van der Waals surface area contributed by atoms with Crippen molar-refractivity contribution in [1.82, 2.24) is 9.97 Å². The van der Waals surface area contributed by atoms with Gasteiger partial charge in [-0.25, -0.2) is 9.97 Å². The molecule has 0 saturated heterocycles. The first-order valence-corrected chi connectivity index (χ1v) is 8.15. The Balaban J connectivity index is 1.82. The summed E-state index contributed by atoms with van der Waals surface area (Å²) in [4.78, 5) is 20.7. The van der Waals surface area contributed by atoms with Gasteiger partial charge in [-0.3, -0.25) is 4.79 Å². The molecule has 134 valence electrons. The van der Waals surface area contributed by atoms with Gasteiger partial charge in [0.05, 0.1) is 24.0 Å². The zero-order valence-corrected chi connectivity index (χ0v) is 14.9. The zero-order valence-electron chi connectivity index (χ0n) is 14.9. The molecule has 0 atom stereocenters. The Morgan fingerprint density at radius 1 is 1.11 bits per heavy atom. The Bertz CT molecular complexity index is 1030. The number of amides is 1. The number of rotatable bonds is 5. The van der Waals surface area contributed by atoms with Crippen LogP contribution in [-0.2, 0) is 0 Å². The minimum absolute atomic E-state index is 0.186. The highest BCUT2D eigenvalue weighted by molar-refractivity contribution is 6.04. The van der Waals surface area contributed by atoms with Crippen LogP contribution in [0.3, 0.4) is 0 Å². The van der Waals surface area contributed by atoms with Crippen LogP contribution in [-0.4, -0.2) is 23.0 Å². The van der Waals surface area contributed by atoms with Crippen LogP contribution in [0.1, 0.15) is 21.6 Å². The van der Waals surface area contributed by atoms with Gasteiger partial charge >= 0.3 is 0 Å². The van der Waals surface area contributed by atoms with Gasteiger partial charge in [0, 0.05) is 6.07 Å². The molecule has 7 nitrogen and oxygen atoms in total. The average molecular weight is 359 g/mol. The third kappa shape index (κ3) is 4.19. The first kappa shape index (κ1) is 17.9. The van der Waals surface area contributed by atoms with Gasteiger partial charge in [0.2, 0.25) is 0 Å². The fourth-order valence-corrected chi connectivity index (χ4v) is 2.48. The van der Waals surface area contributed by atoms with Gasteiger partial charge in [0.25, 0.3) is 5.91 Å². The lowest BCUT2D eigenvalue weighted by Crippen LogP contribution is -2.15. The van der Waals surface area contributed by atoms with E-state index in [2.05, 4.69) is 26.7 Å². The molecular formula is C20H17N5O2. The Kier molecular flexibility index (Phi) is 5.28. The number of methoxy groups -OCH3 is 1. The van der Waals surface area contributed by atoms with E-state index in [1.54, 1.807) is 31.4 Å². The van der Waals surface area contributed by atoms with Crippen LogP contribution in [0.2, 0.25) is 0 Å². The number of benzene rings is 2. The van der Waals surface area contributed by atoms with Gasteiger partial charge in [-0.15, -0.1) is 0 Å². The topological polar surface area (TPSA) is 99.9 Å². The number of nitriles is 1. The number of nitrogens with zero attached hydrogens (tertiary/aromatic N) is 3. The van der Waals surface area contributed by atoms with Gasteiger partial charge in [0.1, 0.15) is 29.7 Å². The molecule has 27 heavy (non-hydrogen) atoms. The summed E-state index contributed by atoms with van der Waals surface area (Å²) < 4.78 is 5.27. The van der Waals surface area contributed by atoms with Crippen LogP contribution >= 0.6 is 0 Å². The lowest BCUT2D eigenvalue weighted by molar-refractivity contribution is 0.102. The summed E-state index contributed by atoms with van der Waals surface area (Å²) in [6.45, 7) is 1.93. The largest absolute Gasteiger partial charge is 0.495 e. The van der Waals surface area contributed by atoms with Crippen LogP contribution in [0, 0.1) is 18.3 Å². The van der Waals surface area contributed by atoms with Crippen molar-refractivity contribution in [1.29, 1.82) is 5.26 Å². The predicted molar refractivity (Wildman–Crippen MR) is 102 cm³/mol. The number of carbonyl (C=O) groups excluding carboxylic acids is 1. The highest BCUT2D eigenvalue weighted by atomic mass is 16.5. The number of hydrogen-bond donors (Lipinski definition) is 2. The van der Waals surface area contributed by atoms with E-state index in [1.807, 2.05) is 25.1 Å². The van der Waals surface area contributed by atoms with Gasteiger partial charge in [-0.1, -0.05) is 18.2 Å². The molecule has 2 N–H and O–H groups in total. The quantitative estimate of drug-likeness (QED) is 0.721. The smallest absolute Gasteiger partial charge is 0.274 e. The zero-order chi connectivity index (χ0) is 19.2. The predicted octanol–water partition coefficient (Wildman–Crippen LogP) is 3.66. The second-order valence-corrected chi connectivity index (χ2v) is 5.73. The molecule has 0 spiro atoms. The first-order chi connectivity index (χ1) is 13.1. The van der Waals surface area contributed by atoms with Gasteiger partial charge < -0.3 is 15.4 Å². The summed E-state index contributed by atoms with van der Waals surface area (Å²) in [6, 6.07) is 16.2.